The van der Waals surface area contributed by atoms with Crippen molar-refractivity contribution in [2.24, 2.45) is 0 Å². The van der Waals surface area contributed by atoms with Crippen LogP contribution >= 0.6 is 0 Å². The Morgan fingerprint density at radius 3 is 2.50 bits per heavy atom. The fraction of sp³-hybridized carbons (Fsp3) is 0.280. The van der Waals surface area contributed by atoms with Crippen molar-refractivity contribution in [3.8, 4) is 11.5 Å². The molecule has 2 aromatic carbocycles. The Balaban J connectivity index is 1.31. The van der Waals surface area contributed by atoms with Crippen LogP contribution in [0, 0.1) is 0 Å². The monoisotopic (exact) mass is 432 g/mol. The van der Waals surface area contributed by atoms with Crippen molar-refractivity contribution in [1.29, 1.82) is 0 Å². The second-order valence-corrected chi connectivity index (χ2v) is 7.67. The van der Waals surface area contributed by atoms with E-state index in [1.165, 1.54) is 5.56 Å². The lowest BCUT2D eigenvalue weighted by molar-refractivity contribution is 0.102. The molecular weight excluding hydrogens is 404 g/mol. The van der Waals surface area contributed by atoms with Crippen LogP contribution in [0.15, 0.2) is 66.9 Å². The topological polar surface area (TPSA) is 66.9 Å². The highest BCUT2D eigenvalue weighted by molar-refractivity contribution is 6.04. The van der Waals surface area contributed by atoms with Crippen LogP contribution in [-0.4, -0.2) is 56.2 Å². The molecule has 32 heavy (non-hydrogen) atoms. The fourth-order valence-electron chi connectivity index (χ4n) is 3.82. The molecule has 0 bridgehead atoms. The lowest BCUT2D eigenvalue weighted by atomic mass is 10.1. The highest BCUT2D eigenvalue weighted by atomic mass is 16.5. The molecule has 0 radical (unpaired) electrons. The number of aromatic nitrogens is 1. The van der Waals surface area contributed by atoms with Gasteiger partial charge in [0.25, 0.3) is 5.91 Å². The lowest BCUT2D eigenvalue weighted by Gasteiger charge is -2.35. The zero-order valence-electron chi connectivity index (χ0n) is 18.5. The van der Waals surface area contributed by atoms with E-state index in [2.05, 4.69) is 26.2 Å². The minimum absolute atomic E-state index is 0.191. The Kier molecular flexibility index (Phi) is 6.87. The van der Waals surface area contributed by atoms with Crippen LogP contribution in [-0.2, 0) is 6.54 Å². The Morgan fingerprint density at radius 1 is 0.969 bits per heavy atom. The second kappa shape index (κ2) is 10.2. The van der Waals surface area contributed by atoms with Crippen LogP contribution in [0.25, 0.3) is 0 Å². The standard InChI is InChI=1S/C25H28N4O3/c1-31-22-8-5-7-19(16-22)25(30)27-21-10-11-24(26-17-21)29-14-12-28(13-15-29)18-20-6-3-4-9-23(20)32-2/h3-11,16-17H,12-15,18H2,1-2H3,(H,27,30). The Bertz CT molecular complexity index is 1050. The Labute approximate surface area is 188 Å². The highest BCUT2D eigenvalue weighted by Gasteiger charge is 2.19. The molecule has 1 aliphatic rings. The number of anilines is 2. The van der Waals surface area contributed by atoms with Crippen molar-refractivity contribution in [2.45, 2.75) is 6.54 Å². The van der Waals surface area contributed by atoms with Crippen LogP contribution in [0.2, 0.25) is 0 Å². The molecule has 1 amide bonds. The molecule has 1 N–H and O–H groups in total. The maximum absolute atomic E-state index is 12.5. The van der Waals surface area contributed by atoms with Crippen molar-refractivity contribution in [3.63, 3.8) is 0 Å². The summed E-state index contributed by atoms with van der Waals surface area (Å²) in [6.45, 7) is 4.58. The average molecular weight is 433 g/mol. The summed E-state index contributed by atoms with van der Waals surface area (Å²) in [6, 6.07) is 19.1. The van der Waals surface area contributed by atoms with E-state index in [4.69, 9.17) is 9.47 Å². The number of nitrogens with zero attached hydrogens (tertiary/aromatic N) is 3. The molecule has 1 saturated heterocycles. The Morgan fingerprint density at radius 2 is 1.78 bits per heavy atom. The van der Waals surface area contributed by atoms with Gasteiger partial charge in [0.1, 0.15) is 17.3 Å². The molecule has 1 aromatic heterocycles. The van der Waals surface area contributed by atoms with Crippen molar-refractivity contribution in [2.75, 3.05) is 50.6 Å². The van der Waals surface area contributed by atoms with Crippen LogP contribution in [0.4, 0.5) is 11.5 Å². The van der Waals surface area contributed by atoms with Gasteiger partial charge in [0.2, 0.25) is 0 Å². The number of hydrogen-bond donors (Lipinski definition) is 1. The predicted molar refractivity (Wildman–Crippen MR) is 126 cm³/mol. The number of para-hydroxylation sites is 1. The number of rotatable bonds is 7. The SMILES string of the molecule is COc1cccc(C(=O)Nc2ccc(N3CCN(Cc4ccccc4OC)CC3)nc2)c1. The number of nitrogens with one attached hydrogen (secondary N) is 1. The smallest absolute Gasteiger partial charge is 0.255 e. The van der Waals surface area contributed by atoms with Gasteiger partial charge in [-0.3, -0.25) is 9.69 Å². The van der Waals surface area contributed by atoms with Crippen LogP contribution in [0.3, 0.4) is 0 Å². The number of benzene rings is 2. The molecule has 0 aliphatic carbocycles. The summed E-state index contributed by atoms with van der Waals surface area (Å²) in [6.07, 6.45) is 1.70. The van der Waals surface area contributed by atoms with E-state index in [1.807, 2.05) is 36.4 Å². The first kappa shape index (κ1) is 21.6. The fourth-order valence-corrected chi connectivity index (χ4v) is 3.82. The molecule has 0 unspecified atom stereocenters. The first-order chi connectivity index (χ1) is 15.7. The third-order valence-electron chi connectivity index (χ3n) is 5.62. The van der Waals surface area contributed by atoms with Crippen molar-refractivity contribution in [3.05, 3.63) is 78.0 Å². The van der Waals surface area contributed by atoms with Crippen molar-refractivity contribution < 1.29 is 14.3 Å². The molecule has 2 heterocycles. The molecule has 3 aromatic rings. The zero-order chi connectivity index (χ0) is 22.3. The molecule has 1 aliphatic heterocycles. The van der Waals surface area contributed by atoms with Gasteiger partial charge in [-0.2, -0.15) is 0 Å². The maximum Gasteiger partial charge on any atom is 0.255 e. The molecular formula is C25H28N4O3. The third-order valence-corrected chi connectivity index (χ3v) is 5.62. The number of carbonyl (C=O) groups is 1. The van der Waals surface area contributed by atoms with E-state index in [-0.39, 0.29) is 5.91 Å². The molecule has 7 heteroatoms. The van der Waals surface area contributed by atoms with Gasteiger partial charge in [-0.25, -0.2) is 4.98 Å². The minimum Gasteiger partial charge on any atom is -0.497 e. The quantitative estimate of drug-likeness (QED) is 0.615. The number of amides is 1. The first-order valence-corrected chi connectivity index (χ1v) is 10.7. The van der Waals surface area contributed by atoms with Crippen molar-refractivity contribution in [1.82, 2.24) is 9.88 Å². The number of piperazine rings is 1. The second-order valence-electron chi connectivity index (χ2n) is 7.67. The maximum atomic E-state index is 12.5. The molecule has 0 spiro atoms. The summed E-state index contributed by atoms with van der Waals surface area (Å²) in [7, 11) is 3.29. The normalized spacial score (nSPS) is 14.1. The van der Waals surface area contributed by atoms with Gasteiger partial charge < -0.3 is 19.7 Å². The number of hydrogen-bond acceptors (Lipinski definition) is 6. The number of pyridine rings is 1. The van der Waals surface area contributed by atoms with Crippen LogP contribution in [0.5, 0.6) is 11.5 Å². The number of carbonyl (C=O) groups excluding carboxylic acids is 1. The van der Waals surface area contributed by atoms with Gasteiger partial charge in [0.05, 0.1) is 26.1 Å². The Hall–Kier alpha value is -3.58. The van der Waals surface area contributed by atoms with Gasteiger partial charge in [0.15, 0.2) is 0 Å². The largest absolute Gasteiger partial charge is 0.497 e. The predicted octanol–water partition coefficient (Wildman–Crippen LogP) is 3.67. The minimum atomic E-state index is -0.191. The number of methoxy groups -OCH3 is 2. The molecule has 7 nitrogen and oxygen atoms in total. The number of ether oxygens (including phenoxy) is 2. The van der Waals surface area contributed by atoms with Gasteiger partial charge in [-0.15, -0.1) is 0 Å². The van der Waals surface area contributed by atoms with E-state index in [0.29, 0.717) is 17.0 Å². The molecule has 1 fully saturated rings. The third kappa shape index (κ3) is 5.18. The van der Waals surface area contributed by atoms with E-state index in [1.54, 1.807) is 38.6 Å². The van der Waals surface area contributed by atoms with Gasteiger partial charge in [-0.1, -0.05) is 24.3 Å². The van der Waals surface area contributed by atoms with E-state index in [0.717, 1.165) is 44.3 Å². The highest BCUT2D eigenvalue weighted by Crippen LogP contribution is 2.22. The molecule has 0 atom stereocenters. The van der Waals surface area contributed by atoms with E-state index < -0.39 is 0 Å². The molecule has 4 rings (SSSR count). The summed E-state index contributed by atoms with van der Waals surface area (Å²) in [5.41, 5.74) is 2.41. The molecule has 0 saturated carbocycles. The van der Waals surface area contributed by atoms with Crippen LogP contribution < -0.4 is 19.7 Å². The lowest BCUT2D eigenvalue weighted by Crippen LogP contribution is -2.46. The van der Waals surface area contributed by atoms with Crippen molar-refractivity contribution >= 4 is 17.4 Å². The van der Waals surface area contributed by atoms with Gasteiger partial charge in [-0.05, 0) is 36.4 Å². The average Bonchev–Trinajstić information content (AvgIpc) is 2.85. The van der Waals surface area contributed by atoms with E-state index >= 15 is 0 Å². The summed E-state index contributed by atoms with van der Waals surface area (Å²) in [4.78, 5) is 21.7. The molecule has 166 valence electrons. The van der Waals surface area contributed by atoms with Gasteiger partial charge >= 0.3 is 0 Å². The van der Waals surface area contributed by atoms with E-state index in [9.17, 15) is 4.79 Å². The summed E-state index contributed by atoms with van der Waals surface area (Å²) in [5, 5.41) is 2.89. The first-order valence-electron chi connectivity index (χ1n) is 10.7. The summed E-state index contributed by atoms with van der Waals surface area (Å²) >= 11 is 0. The van der Waals surface area contributed by atoms with Gasteiger partial charge in [0, 0.05) is 43.9 Å². The summed E-state index contributed by atoms with van der Waals surface area (Å²) < 4.78 is 10.7. The summed E-state index contributed by atoms with van der Waals surface area (Å²) in [5.74, 6) is 2.31. The van der Waals surface area contributed by atoms with Crippen LogP contribution in [0.1, 0.15) is 15.9 Å². The zero-order valence-corrected chi connectivity index (χ0v) is 18.5.